The van der Waals surface area contributed by atoms with E-state index in [0.717, 1.165) is 54.5 Å². The highest BCUT2D eigenvalue weighted by molar-refractivity contribution is 5.42. The third-order valence-electron chi connectivity index (χ3n) is 5.12. The summed E-state index contributed by atoms with van der Waals surface area (Å²) in [7, 11) is 0. The Balaban J connectivity index is 1.49. The standard InChI is InChI=1S/C21H25FN6/c1-15-11-16(2)28(26-15)20-7-6-18(22)12-17(20)13-25-19-5-3-10-27(14-19)21-23-8-4-9-24-21/h4,6-9,11-12,19,25H,3,5,10,13-14H2,1-2H3. The van der Waals surface area contributed by atoms with Crippen LogP contribution in [0.25, 0.3) is 5.69 Å². The van der Waals surface area contributed by atoms with E-state index in [0.29, 0.717) is 12.6 Å². The Bertz CT molecular complexity index is 939. The molecular formula is C21H25FN6. The largest absolute Gasteiger partial charge is 0.339 e. The number of benzene rings is 1. The number of aromatic nitrogens is 4. The minimum Gasteiger partial charge on any atom is -0.339 e. The lowest BCUT2D eigenvalue weighted by Crippen LogP contribution is -2.46. The second-order valence-corrected chi connectivity index (χ2v) is 7.33. The van der Waals surface area contributed by atoms with Crippen LogP contribution in [-0.2, 0) is 6.54 Å². The van der Waals surface area contributed by atoms with Gasteiger partial charge in [0.1, 0.15) is 5.82 Å². The highest BCUT2D eigenvalue weighted by Gasteiger charge is 2.21. The van der Waals surface area contributed by atoms with Crippen molar-refractivity contribution in [1.82, 2.24) is 25.1 Å². The van der Waals surface area contributed by atoms with E-state index in [1.807, 2.05) is 30.7 Å². The van der Waals surface area contributed by atoms with Gasteiger partial charge >= 0.3 is 0 Å². The molecule has 0 saturated carbocycles. The molecule has 146 valence electrons. The molecule has 0 radical (unpaired) electrons. The minimum absolute atomic E-state index is 0.231. The van der Waals surface area contributed by atoms with Gasteiger partial charge in [0.15, 0.2) is 0 Å². The molecular weight excluding hydrogens is 355 g/mol. The Morgan fingerprint density at radius 3 is 2.75 bits per heavy atom. The Hall–Kier alpha value is -2.80. The number of hydrogen-bond acceptors (Lipinski definition) is 5. The SMILES string of the molecule is Cc1cc(C)n(-c2ccc(F)cc2CNC2CCCN(c3ncccn3)C2)n1. The molecule has 7 heteroatoms. The molecule has 1 atom stereocenters. The lowest BCUT2D eigenvalue weighted by Gasteiger charge is -2.33. The van der Waals surface area contributed by atoms with Crippen molar-refractivity contribution >= 4 is 5.95 Å². The summed E-state index contributed by atoms with van der Waals surface area (Å²) in [6.07, 6.45) is 5.69. The summed E-state index contributed by atoms with van der Waals surface area (Å²) in [5.74, 6) is 0.535. The number of halogens is 1. The van der Waals surface area contributed by atoms with Crippen molar-refractivity contribution in [3.63, 3.8) is 0 Å². The van der Waals surface area contributed by atoms with Crippen molar-refractivity contribution in [2.45, 2.75) is 39.3 Å². The third kappa shape index (κ3) is 4.04. The molecule has 1 unspecified atom stereocenters. The van der Waals surface area contributed by atoms with Crippen molar-refractivity contribution in [2.75, 3.05) is 18.0 Å². The van der Waals surface area contributed by atoms with Crippen LogP contribution in [0.3, 0.4) is 0 Å². The molecule has 3 heterocycles. The maximum atomic E-state index is 13.9. The summed E-state index contributed by atoms with van der Waals surface area (Å²) in [6, 6.07) is 9.04. The first-order valence-corrected chi connectivity index (χ1v) is 9.67. The highest BCUT2D eigenvalue weighted by Crippen LogP contribution is 2.20. The van der Waals surface area contributed by atoms with Crippen LogP contribution in [0.1, 0.15) is 29.8 Å². The zero-order valence-electron chi connectivity index (χ0n) is 16.3. The van der Waals surface area contributed by atoms with Crippen LogP contribution in [0.2, 0.25) is 0 Å². The van der Waals surface area contributed by atoms with E-state index in [1.54, 1.807) is 24.5 Å². The summed E-state index contributed by atoms with van der Waals surface area (Å²) in [4.78, 5) is 10.9. The van der Waals surface area contributed by atoms with Crippen LogP contribution in [-0.4, -0.2) is 38.9 Å². The molecule has 28 heavy (non-hydrogen) atoms. The average molecular weight is 380 g/mol. The Labute approximate surface area is 164 Å². The molecule has 0 amide bonds. The maximum Gasteiger partial charge on any atom is 0.225 e. The molecule has 0 spiro atoms. The van der Waals surface area contributed by atoms with Gasteiger partial charge in [-0.2, -0.15) is 5.10 Å². The second-order valence-electron chi connectivity index (χ2n) is 7.33. The summed E-state index contributed by atoms with van der Waals surface area (Å²) in [5, 5.41) is 8.16. The quantitative estimate of drug-likeness (QED) is 0.737. The van der Waals surface area contributed by atoms with Crippen molar-refractivity contribution in [3.05, 3.63) is 65.5 Å². The first-order valence-electron chi connectivity index (χ1n) is 9.67. The number of aryl methyl sites for hydroxylation is 2. The molecule has 3 aromatic rings. The van der Waals surface area contributed by atoms with Crippen LogP contribution in [0.5, 0.6) is 0 Å². The third-order valence-corrected chi connectivity index (χ3v) is 5.12. The molecule has 1 aromatic carbocycles. The molecule has 4 rings (SSSR count). The van der Waals surface area contributed by atoms with E-state index in [4.69, 9.17) is 0 Å². The van der Waals surface area contributed by atoms with E-state index >= 15 is 0 Å². The fraction of sp³-hybridized carbons (Fsp3) is 0.381. The number of nitrogens with one attached hydrogen (secondary N) is 1. The summed E-state index contributed by atoms with van der Waals surface area (Å²) < 4.78 is 15.8. The molecule has 1 aliphatic heterocycles. The van der Waals surface area contributed by atoms with E-state index in [1.165, 1.54) is 6.07 Å². The van der Waals surface area contributed by atoms with Gasteiger partial charge in [-0.15, -0.1) is 0 Å². The van der Waals surface area contributed by atoms with Crippen LogP contribution in [0, 0.1) is 19.7 Å². The van der Waals surface area contributed by atoms with Gasteiger partial charge in [0, 0.05) is 43.8 Å². The number of anilines is 1. The number of piperidine rings is 1. The fourth-order valence-electron chi connectivity index (χ4n) is 3.81. The molecule has 6 nitrogen and oxygen atoms in total. The van der Waals surface area contributed by atoms with Crippen molar-refractivity contribution in [1.29, 1.82) is 0 Å². The Kier molecular flexibility index (Phi) is 5.34. The lowest BCUT2D eigenvalue weighted by atomic mass is 10.1. The lowest BCUT2D eigenvalue weighted by molar-refractivity contribution is 0.417. The summed E-state index contributed by atoms with van der Waals surface area (Å²) >= 11 is 0. The molecule has 0 aliphatic carbocycles. The van der Waals surface area contributed by atoms with E-state index < -0.39 is 0 Å². The minimum atomic E-state index is -0.231. The molecule has 1 aliphatic rings. The summed E-state index contributed by atoms with van der Waals surface area (Å²) in [6.45, 7) is 6.36. The molecule has 2 aromatic heterocycles. The van der Waals surface area contributed by atoms with Gasteiger partial charge in [0.25, 0.3) is 0 Å². The van der Waals surface area contributed by atoms with Gasteiger partial charge in [-0.3, -0.25) is 0 Å². The second kappa shape index (κ2) is 8.06. The van der Waals surface area contributed by atoms with Gasteiger partial charge in [-0.1, -0.05) is 0 Å². The van der Waals surface area contributed by atoms with E-state index in [2.05, 4.69) is 25.3 Å². The van der Waals surface area contributed by atoms with E-state index in [-0.39, 0.29) is 5.82 Å². The molecule has 1 fully saturated rings. The van der Waals surface area contributed by atoms with Crippen molar-refractivity contribution in [3.8, 4) is 5.69 Å². The van der Waals surface area contributed by atoms with Gasteiger partial charge in [-0.25, -0.2) is 19.0 Å². The molecule has 1 N–H and O–H groups in total. The maximum absolute atomic E-state index is 13.9. The van der Waals surface area contributed by atoms with E-state index in [9.17, 15) is 4.39 Å². The topological polar surface area (TPSA) is 58.9 Å². The fourth-order valence-corrected chi connectivity index (χ4v) is 3.81. The highest BCUT2D eigenvalue weighted by atomic mass is 19.1. The normalized spacial score (nSPS) is 17.1. The van der Waals surface area contributed by atoms with Crippen molar-refractivity contribution < 1.29 is 4.39 Å². The first-order chi connectivity index (χ1) is 13.6. The summed E-state index contributed by atoms with van der Waals surface area (Å²) in [5.41, 5.74) is 3.81. The van der Waals surface area contributed by atoms with Gasteiger partial charge in [0.05, 0.1) is 11.4 Å². The molecule has 0 bridgehead atoms. The monoisotopic (exact) mass is 380 g/mol. The number of nitrogens with zero attached hydrogens (tertiary/aromatic N) is 5. The number of hydrogen-bond donors (Lipinski definition) is 1. The zero-order valence-corrected chi connectivity index (χ0v) is 16.3. The van der Waals surface area contributed by atoms with Crippen LogP contribution >= 0.6 is 0 Å². The van der Waals surface area contributed by atoms with Crippen molar-refractivity contribution in [2.24, 2.45) is 0 Å². The van der Waals surface area contributed by atoms with Gasteiger partial charge in [0.2, 0.25) is 5.95 Å². The van der Waals surface area contributed by atoms with Crippen LogP contribution in [0.15, 0.2) is 42.7 Å². The predicted molar refractivity (Wildman–Crippen MR) is 107 cm³/mol. The first kappa shape index (κ1) is 18.6. The molecule has 1 saturated heterocycles. The van der Waals surface area contributed by atoms with Crippen LogP contribution < -0.4 is 10.2 Å². The zero-order chi connectivity index (χ0) is 19.5. The smallest absolute Gasteiger partial charge is 0.225 e. The van der Waals surface area contributed by atoms with Gasteiger partial charge in [-0.05, 0) is 62.6 Å². The Morgan fingerprint density at radius 2 is 2.00 bits per heavy atom. The average Bonchev–Trinajstić information content (AvgIpc) is 3.05. The van der Waals surface area contributed by atoms with Gasteiger partial charge < -0.3 is 10.2 Å². The number of rotatable bonds is 5. The van der Waals surface area contributed by atoms with Crippen LogP contribution in [0.4, 0.5) is 10.3 Å². The Morgan fingerprint density at radius 1 is 1.18 bits per heavy atom. The predicted octanol–water partition coefficient (Wildman–Crippen LogP) is 3.18.